The summed E-state index contributed by atoms with van der Waals surface area (Å²) in [6.07, 6.45) is 6.18. The van der Waals surface area contributed by atoms with E-state index in [2.05, 4.69) is 29.2 Å². The number of anilines is 1. The van der Waals surface area contributed by atoms with Crippen LogP contribution >= 0.6 is 0 Å². The van der Waals surface area contributed by atoms with E-state index in [-0.39, 0.29) is 43.1 Å². The van der Waals surface area contributed by atoms with E-state index in [0.717, 1.165) is 25.7 Å². The number of ether oxygens (including phenoxy) is 5. The van der Waals surface area contributed by atoms with Crippen LogP contribution in [0.1, 0.15) is 70.2 Å². The molecule has 1 spiro atoms. The highest BCUT2D eigenvalue weighted by atomic mass is 17.3. The Hall–Kier alpha value is -3.10. The summed E-state index contributed by atoms with van der Waals surface area (Å²) in [5.41, 5.74) is 0.120. The van der Waals surface area contributed by atoms with Gasteiger partial charge < -0.3 is 29.0 Å². The summed E-state index contributed by atoms with van der Waals surface area (Å²) in [5, 5.41) is 6.74. The Bertz CT molecular complexity index is 1330. The topological polar surface area (TPSA) is 141 Å². The highest BCUT2D eigenvalue weighted by molar-refractivity contribution is 5.95. The first kappa shape index (κ1) is 30.9. The molecular weight excluding hydrogens is 572 g/mol. The van der Waals surface area contributed by atoms with Crippen LogP contribution in [0, 0.1) is 23.7 Å². The van der Waals surface area contributed by atoms with Crippen molar-refractivity contribution in [2.24, 2.45) is 23.7 Å². The van der Waals surface area contributed by atoms with Crippen LogP contribution in [-0.4, -0.2) is 70.4 Å². The molecule has 240 valence electrons. The van der Waals surface area contributed by atoms with Crippen molar-refractivity contribution in [3.63, 3.8) is 0 Å². The lowest BCUT2D eigenvalue weighted by Gasteiger charge is -2.60. The number of nitrogens with zero attached hydrogens (tertiary/aromatic N) is 3. The third-order valence-corrected chi connectivity index (χ3v) is 9.46. The highest BCUT2D eigenvalue weighted by Crippen LogP contribution is 2.60. The number of hydrogen-bond donors (Lipinski definition) is 1. The summed E-state index contributed by atoms with van der Waals surface area (Å²) >= 11 is 0. The Morgan fingerprint density at radius 1 is 1.14 bits per heavy atom. The molecule has 44 heavy (non-hydrogen) atoms. The predicted octanol–water partition coefficient (Wildman–Crippen LogP) is 4.09. The van der Waals surface area contributed by atoms with Crippen LogP contribution in [0.2, 0.25) is 0 Å². The fourth-order valence-corrected chi connectivity index (χ4v) is 7.26. The second kappa shape index (κ2) is 12.7. The number of rotatable bonds is 11. The van der Waals surface area contributed by atoms with Gasteiger partial charge in [-0.2, -0.15) is 5.10 Å². The zero-order valence-corrected chi connectivity index (χ0v) is 25.7. The molecule has 13 nitrogen and oxygen atoms in total. The van der Waals surface area contributed by atoms with Gasteiger partial charge in [-0.05, 0) is 57.1 Å². The predicted molar refractivity (Wildman–Crippen MR) is 154 cm³/mol. The van der Waals surface area contributed by atoms with Crippen molar-refractivity contribution in [3.05, 3.63) is 36.4 Å². The van der Waals surface area contributed by atoms with Gasteiger partial charge in [-0.3, -0.25) is 4.79 Å². The molecule has 1 aromatic heterocycles. The van der Waals surface area contributed by atoms with Gasteiger partial charge in [-0.1, -0.05) is 13.8 Å². The molecule has 0 radical (unpaired) electrons. The first-order chi connectivity index (χ1) is 21.2. The molecule has 4 saturated heterocycles. The number of benzene rings is 1. The molecule has 1 amide bonds. The minimum atomic E-state index is -0.836. The minimum absolute atomic E-state index is 0.000757. The molecule has 1 saturated carbocycles. The SMILES string of the molecule is CCOC(=O)c1ccc(NC(=O)Cn2cncn2)cc1OCCCO[C@H]1O[C@@H]2O[C@@]3(C)CCC4[C@H](C)CC[C@@H]([C@H]1C)[C@]42OO3. The average Bonchev–Trinajstić information content (AvgIpc) is 3.40. The maximum atomic E-state index is 12.6. The number of nitrogens with one attached hydrogen (secondary N) is 1. The van der Waals surface area contributed by atoms with Gasteiger partial charge >= 0.3 is 5.97 Å². The van der Waals surface area contributed by atoms with Crippen LogP contribution < -0.4 is 10.1 Å². The molecule has 7 rings (SSSR count). The number of fused-ring (bicyclic) bond motifs is 2. The summed E-state index contributed by atoms with van der Waals surface area (Å²) in [4.78, 5) is 41.0. The Kier molecular flexibility index (Phi) is 8.93. The van der Waals surface area contributed by atoms with E-state index >= 15 is 0 Å². The summed E-state index contributed by atoms with van der Waals surface area (Å²) in [5.74, 6) is -0.283. The van der Waals surface area contributed by atoms with Gasteiger partial charge in [-0.15, -0.1) is 0 Å². The van der Waals surface area contributed by atoms with Crippen molar-refractivity contribution in [1.82, 2.24) is 14.8 Å². The van der Waals surface area contributed by atoms with Gasteiger partial charge in [0.2, 0.25) is 11.7 Å². The monoisotopic (exact) mass is 614 g/mol. The van der Waals surface area contributed by atoms with Crippen LogP contribution in [-0.2, 0) is 40.1 Å². The van der Waals surface area contributed by atoms with Crippen molar-refractivity contribution in [1.29, 1.82) is 0 Å². The number of esters is 1. The van der Waals surface area contributed by atoms with Crippen molar-refractivity contribution in [2.75, 3.05) is 25.1 Å². The Morgan fingerprint density at radius 3 is 2.80 bits per heavy atom. The second-order valence-electron chi connectivity index (χ2n) is 12.4. The fraction of sp³-hybridized carbons (Fsp3) is 0.677. The number of hydrogen-bond acceptors (Lipinski definition) is 11. The quantitative estimate of drug-likeness (QED) is 0.222. The largest absolute Gasteiger partial charge is 0.493 e. The molecule has 1 aliphatic carbocycles. The number of carbonyl (C=O) groups excluding carboxylic acids is 2. The summed E-state index contributed by atoms with van der Waals surface area (Å²) in [6.45, 7) is 8.97. The molecule has 1 N–H and O–H groups in total. The van der Waals surface area contributed by atoms with Gasteiger partial charge in [0.25, 0.3) is 0 Å². The number of carbonyl (C=O) groups is 2. The van der Waals surface area contributed by atoms with Gasteiger partial charge in [0.15, 0.2) is 18.2 Å². The molecule has 1 aromatic carbocycles. The standard InChI is InChI=1S/C31H42N4O9/c1-5-38-27(37)22-9-8-21(34-26(36)16-35-18-32-17-33-35)15-25(22)39-13-6-14-40-28-20(3)24-10-7-19(2)23-11-12-30(4)42-29(41-28)31(23,24)44-43-30/h8-9,15,17-20,23-24,28-29H,5-7,10-14,16H2,1-4H3,(H,34,36)/t19-,20-,23?,24+,28+,29-,30-,31-/m1/s1. The van der Waals surface area contributed by atoms with Crippen LogP contribution in [0.4, 0.5) is 5.69 Å². The highest BCUT2D eigenvalue weighted by Gasteiger charge is 2.69. The van der Waals surface area contributed by atoms with Crippen LogP contribution in [0.25, 0.3) is 0 Å². The zero-order chi connectivity index (χ0) is 30.9. The van der Waals surface area contributed by atoms with E-state index in [1.165, 1.54) is 17.3 Å². The van der Waals surface area contributed by atoms with E-state index in [1.54, 1.807) is 25.1 Å². The first-order valence-electron chi connectivity index (χ1n) is 15.6. The Morgan fingerprint density at radius 2 is 2.00 bits per heavy atom. The van der Waals surface area contributed by atoms with Crippen LogP contribution in [0.3, 0.4) is 0 Å². The number of amides is 1. The lowest BCUT2D eigenvalue weighted by Crippen LogP contribution is -2.70. The Balaban J connectivity index is 1.06. The molecule has 2 aromatic rings. The van der Waals surface area contributed by atoms with E-state index in [0.29, 0.717) is 36.3 Å². The first-order valence-corrected chi connectivity index (χ1v) is 15.6. The van der Waals surface area contributed by atoms with E-state index in [9.17, 15) is 9.59 Å². The summed E-state index contributed by atoms with van der Waals surface area (Å²) < 4.78 is 31.8. The molecule has 5 fully saturated rings. The Labute approximate surface area is 256 Å². The molecule has 5 heterocycles. The molecule has 4 aliphatic heterocycles. The molecule has 5 aliphatic rings. The smallest absolute Gasteiger partial charge is 0.341 e. The van der Waals surface area contributed by atoms with Crippen LogP contribution in [0.15, 0.2) is 30.9 Å². The van der Waals surface area contributed by atoms with E-state index < -0.39 is 29.9 Å². The van der Waals surface area contributed by atoms with Crippen LogP contribution in [0.5, 0.6) is 5.75 Å². The maximum absolute atomic E-state index is 12.6. The van der Waals surface area contributed by atoms with Gasteiger partial charge in [0.05, 0.1) is 19.8 Å². The zero-order valence-electron chi connectivity index (χ0n) is 25.7. The molecule has 1 unspecified atom stereocenters. The average molecular weight is 615 g/mol. The van der Waals surface area contributed by atoms with Gasteiger partial charge in [0.1, 0.15) is 30.5 Å². The van der Waals surface area contributed by atoms with Gasteiger partial charge in [-0.25, -0.2) is 24.2 Å². The molecule has 13 heteroatoms. The van der Waals surface area contributed by atoms with Crippen molar-refractivity contribution in [2.45, 2.75) is 90.3 Å². The summed E-state index contributed by atoms with van der Waals surface area (Å²) in [7, 11) is 0. The maximum Gasteiger partial charge on any atom is 0.341 e. The van der Waals surface area contributed by atoms with Gasteiger partial charge in [0, 0.05) is 36.4 Å². The lowest BCUT2D eigenvalue weighted by atomic mass is 9.58. The molecule has 2 bridgehead atoms. The van der Waals surface area contributed by atoms with Crippen molar-refractivity contribution < 1.29 is 43.0 Å². The van der Waals surface area contributed by atoms with E-state index in [4.69, 9.17) is 33.5 Å². The molecular formula is C31H42N4O9. The fourth-order valence-electron chi connectivity index (χ4n) is 7.26. The normalized spacial score (nSPS) is 34.1. The third-order valence-electron chi connectivity index (χ3n) is 9.46. The van der Waals surface area contributed by atoms with E-state index in [1.807, 2.05) is 6.92 Å². The minimum Gasteiger partial charge on any atom is -0.493 e. The number of aromatic nitrogens is 3. The third kappa shape index (κ3) is 5.95. The van der Waals surface area contributed by atoms with Crippen molar-refractivity contribution in [3.8, 4) is 5.75 Å². The summed E-state index contributed by atoms with van der Waals surface area (Å²) in [6, 6.07) is 4.82. The van der Waals surface area contributed by atoms with Crippen molar-refractivity contribution >= 4 is 17.6 Å². The molecule has 8 atom stereocenters. The second-order valence-corrected chi connectivity index (χ2v) is 12.4. The lowest BCUT2D eigenvalue weighted by molar-refractivity contribution is -0.577.